The van der Waals surface area contributed by atoms with Crippen LogP contribution in [0.5, 0.6) is 5.75 Å². The van der Waals surface area contributed by atoms with Gasteiger partial charge in [-0.1, -0.05) is 195 Å². The molecule has 6 aromatic rings. The van der Waals surface area contributed by atoms with Gasteiger partial charge in [0.25, 0.3) is 0 Å². The number of ether oxygens (including phenoxy) is 1. The molecule has 6 saturated carbocycles. The van der Waals surface area contributed by atoms with Crippen molar-refractivity contribution in [3.63, 3.8) is 0 Å². The summed E-state index contributed by atoms with van der Waals surface area (Å²) in [7, 11) is 1.67. The van der Waals surface area contributed by atoms with E-state index in [1.807, 2.05) is 83.8 Å². The van der Waals surface area contributed by atoms with E-state index >= 15 is 0 Å². The first kappa shape index (κ1) is 101. The molecule has 18 rings (SSSR count). The van der Waals surface area contributed by atoms with Crippen molar-refractivity contribution in [1.82, 2.24) is 58.8 Å². The number of benzene rings is 6. The maximum absolute atomic E-state index is 13.5. The van der Waals surface area contributed by atoms with E-state index in [-0.39, 0.29) is 33.0 Å². The Balaban J connectivity index is 0.000000134. The van der Waals surface area contributed by atoms with Gasteiger partial charge in [-0.2, -0.15) is 0 Å². The number of amides is 6. The maximum Gasteiger partial charge on any atom is 0.233 e. The molecular formula is C109H155Cl3N12O7. The first-order valence-electron chi connectivity index (χ1n) is 50.2. The molecule has 0 radical (unpaired) electrons. The van der Waals surface area contributed by atoms with Crippen LogP contribution < -0.4 is 4.74 Å². The molecule has 6 aliphatic heterocycles. The summed E-state index contributed by atoms with van der Waals surface area (Å²) in [6.07, 6.45) is 18.9. The number of methoxy groups -OCH3 is 1. The predicted octanol–water partition coefficient (Wildman–Crippen LogP) is 17.9. The van der Waals surface area contributed by atoms with Crippen LogP contribution in [0, 0.1) is 0 Å². The zero-order valence-corrected chi connectivity index (χ0v) is 83.8. The molecule has 12 aliphatic rings. The minimum atomic E-state index is -0.401. The van der Waals surface area contributed by atoms with E-state index in [1.54, 1.807) is 13.2 Å². The topological polar surface area (TPSA) is 151 Å². The zero-order valence-electron chi connectivity index (χ0n) is 81.5. The molecule has 0 unspecified atom stereocenters. The van der Waals surface area contributed by atoms with E-state index in [9.17, 15) is 28.8 Å². The molecule has 0 bridgehead atoms. The van der Waals surface area contributed by atoms with Crippen molar-refractivity contribution in [3.05, 3.63) is 206 Å². The first-order chi connectivity index (χ1) is 62.9. The Bertz CT molecular complexity index is 4630. The predicted molar refractivity (Wildman–Crippen MR) is 533 cm³/mol. The lowest BCUT2D eigenvalue weighted by atomic mass is 9.63. The molecule has 6 aromatic carbocycles. The summed E-state index contributed by atoms with van der Waals surface area (Å²) in [5.41, 5.74) is 5.23. The molecule has 6 saturated heterocycles. The van der Waals surface area contributed by atoms with Gasteiger partial charge in [-0.15, -0.1) is 0 Å². The molecule has 6 aliphatic carbocycles. The summed E-state index contributed by atoms with van der Waals surface area (Å²) < 4.78 is 5.21. The second kappa shape index (κ2) is 45.5. The number of carbonyl (C=O) groups excluding carboxylic acids is 6. The number of rotatable bonds is 19. The van der Waals surface area contributed by atoms with Crippen molar-refractivity contribution in [2.75, 3.05) is 164 Å². The van der Waals surface area contributed by atoms with Gasteiger partial charge in [0.05, 0.1) is 39.6 Å². The lowest BCUT2D eigenvalue weighted by Gasteiger charge is -2.46. The van der Waals surface area contributed by atoms with Crippen LogP contribution >= 0.6 is 34.8 Å². The SMILES string of the molecule is CC(C)N1CCN(C(=O)C2(c3ccc(Cl)cc3)CC2)CC1.CC(C)N1CCN(C(=O)C2(c3ccc(Cl)cc3Cl)CC2)CC1.CC(C)N1CCN(C(=O)C2(c3ccccc3)CCC2)CC1.CC(C)N1CCN(C(=O)C2(c3ccccc3)CCCC2)CC1.CC(C)N1CCN(C(=O)C2(c3ccccc3)CCCCC2)CC1.COc1ccc(C2(C(=O)N3CCN(C(C)C)CC3)CC2)cc1. The zero-order chi connectivity index (χ0) is 93.4. The molecular weight excluding hydrogens is 1700 g/mol. The molecule has 6 heterocycles. The average molecular weight is 1850 g/mol. The summed E-state index contributed by atoms with van der Waals surface area (Å²) in [5.74, 6) is 2.83. The monoisotopic (exact) mass is 1850 g/mol. The van der Waals surface area contributed by atoms with Gasteiger partial charge in [-0.25, -0.2) is 0 Å². The third kappa shape index (κ3) is 23.8. The Kier molecular flexibility index (Phi) is 35.1. The van der Waals surface area contributed by atoms with E-state index in [0.717, 1.165) is 262 Å². The smallest absolute Gasteiger partial charge is 0.233 e. The number of halogens is 3. The highest BCUT2D eigenvalue weighted by Gasteiger charge is 2.57. The number of hydrogen-bond acceptors (Lipinski definition) is 13. The minimum Gasteiger partial charge on any atom is -0.497 e. The quantitative estimate of drug-likeness (QED) is 0.0757. The van der Waals surface area contributed by atoms with Gasteiger partial charge in [-0.3, -0.25) is 58.2 Å². The maximum atomic E-state index is 13.5. The van der Waals surface area contributed by atoms with E-state index < -0.39 is 5.41 Å². The Morgan fingerprint density at radius 3 is 0.679 bits per heavy atom. The standard InChI is InChI=1S/C20H30N2O.C19H28N2O.C18H26N2O2.C18H26N2O.C17H22Cl2N2O.C17H23ClN2O/c1-17(2)21-13-15-22(16-14-21)19(23)20(11-7-4-8-12-20)18-9-5-3-6-10-18;1-16(2)20-12-14-21(15-13-20)18(22)19(10-6-7-11-19)17-8-4-3-5-9-17;1-14(2)19-10-12-20(13-11-19)17(21)18(8-9-18)15-4-6-16(22-3)7-5-15;1-15(2)19-11-13-20(14-12-19)17(21)18(9-6-10-18)16-7-4-3-5-8-16;1-12(2)20-7-9-21(10-8-20)16(22)17(5-6-17)14-4-3-13(18)11-15(14)19;1-13(2)19-9-11-20(12-10-19)16(21)17(7-8-17)14-3-5-15(18)6-4-14/h3,5-6,9-10,17H,4,7-8,11-16H2,1-2H3;3-5,8-9,16H,6-7,10-15H2,1-2H3;4-7,14H,8-13H2,1-3H3;3-5,7-8,15H,6,9-14H2,1-2H3;3-4,11-12H,5-10H2,1-2H3;3-6,13H,7-12H2,1-2H3. The van der Waals surface area contributed by atoms with Crippen LogP contribution in [-0.2, 0) is 61.3 Å². The van der Waals surface area contributed by atoms with E-state index in [4.69, 9.17) is 39.5 Å². The normalized spacial score (nSPS) is 21.8. The molecule has 0 aromatic heterocycles. The van der Waals surface area contributed by atoms with Crippen LogP contribution in [0.3, 0.4) is 0 Å². The first-order valence-corrected chi connectivity index (χ1v) is 51.3. The van der Waals surface area contributed by atoms with E-state index in [1.165, 1.54) is 55.2 Å². The average Bonchev–Trinajstić information content (AvgIpc) is 1.53. The lowest BCUT2D eigenvalue weighted by Crippen LogP contribution is -2.57. The van der Waals surface area contributed by atoms with Crippen molar-refractivity contribution < 1.29 is 33.5 Å². The molecule has 12 fully saturated rings. The van der Waals surface area contributed by atoms with E-state index in [2.05, 4.69) is 210 Å². The summed E-state index contributed by atoms with van der Waals surface area (Å²) in [6.45, 7) is 48.9. The van der Waals surface area contributed by atoms with E-state index in [0.29, 0.717) is 75.8 Å². The van der Waals surface area contributed by atoms with Crippen LogP contribution in [-0.4, -0.2) is 295 Å². The lowest BCUT2D eigenvalue weighted by molar-refractivity contribution is -0.143. The summed E-state index contributed by atoms with van der Waals surface area (Å²) in [6, 6.07) is 56.1. The van der Waals surface area contributed by atoms with Gasteiger partial charge in [-0.05, 0) is 230 Å². The van der Waals surface area contributed by atoms with Crippen LogP contribution in [0.2, 0.25) is 15.1 Å². The van der Waals surface area contributed by atoms with Crippen molar-refractivity contribution in [2.24, 2.45) is 0 Å². The van der Waals surface area contributed by atoms with Crippen molar-refractivity contribution in [3.8, 4) is 5.75 Å². The van der Waals surface area contributed by atoms with Crippen LogP contribution in [0.25, 0.3) is 0 Å². The van der Waals surface area contributed by atoms with Crippen LogP contribution in [0.15, 0.2) is 158 Å². The van der Waals surface area contributed by atoms with Crippen LogP contribution in [0.4, 0.5) is 0 Å². The molecule has 714 valence electrons. The highest BCUT2D eigenvalue weighted by Crippen LogP contribution is 2.54. The van der Waals surface area contributed by atoms with Gasteiger partial charge >= 0.3 is 0 Å². The summed E-state index contributed by atoms with van der Waals surface area (Å²) in [4.78, 5) is 106. The fourth-order valence-electron chi connectivity index (χ4n) is 22.1. The van der Waals surface area contributed by atoms with Crippen molar-refractivity contribution in [1.29, 1.82) is 0 Å². The highest BCUT2D eigenvalue weighted by molar-refractivity contribution is 6.35. The molecule has 19 nitrogen and oxygen atoms in total. The van der Waals surface area contributed by atoms with Gasteiger partial charge in [0.15, 0.2) is 0 Å². The molecule has 0 atom stereocenters. The largest absolute Gasteiger partial charge is 0.497 e. The fourth-order valence-corrected chi connectivity index (χ4v) is 22.8. The van der Waals surface area contributed by atoms with Crippen LogP contribution in [0.1, 0.15) is 232 Å². The molecule has 0 N–H and O–H groups in total. The number of carbonyl (C=O) groups is 6. The Morgan fingerprint density at radius 1 is 0.244 bits per heavy atom. The fraction of sp³-hybridized carbons (Fsp3) is 0.615. The number of nitrogens with zero attached hydrogens (tertiary/aromatic N) is 12. The van der Waals surface area contributed by atoms with Crippen molar-refractivity contribution in [2.45, 2.75) is 267 Å². The van der Waals surface area contributed by atoms with Crippen molar-refractivity contribution >= 4 is 70.2 Å². The Hall–Kier alpha value is -7.43. The Morgan fingerprint density at radius 2 is 0.458 bits per heavy atom. The summed E-state index contributed by atoms with van der Waals surface area (Å²) >= 11 is 18.3. The number of hydrogen-bond donors (Lipinski definition) is 0. The van der Waals surface area contributed by atoms with Gasteiger partial charge < -0.3 is 34.1 Å². The molecule has 6 amide bonds. The van der Waals surface area contributed by atoms with Gasteiger partial charge in [0.2, 0.25) is 35.4 Å². The second-order valence-electron chi connectivity index (χ2n) is 41.1. The highest BCUT2D eigenvalue weighted by atomic mass is 35.5. The van der Waals surface area contributed by atoms with Gasteiger partial charge in [0, 0.05) is 208 Å². The molecule has 131 heavy (non-hydrogen) atoms. The van der Waals surface area contributed by atoms with Gasteiger partial charge in [0.1, 0.15) is 5.75 Å². The third-order valence-corrected chi connectivity index (χ3v) is 32.3. The minimum absolute atomic E-state index is 0.221. The molecule has 0 spiro atoms. The Labute approximate surface area is 800 Å². The summed E-state index contributed by atoms with van der Waals surface area (Å²) in [5, 5.41) is 1.95. The molecule has 22 heteroatoms. The third-order valence-electron chi connectivity index (χ3n) is 31.5. The second-order valence-corrected chi connectivity index (χ2v) is 42.4. The number of piperazine rings is 6.